The van der Waals surface area contributed by atoms with E-state index in [1.165, 1.54) is 11.1 Å². The van der Waals surface area contributed by atoms with E-state index in [0.29, 0.717) is 22.9 Å². The molecular weight excluding hydrogens is 464 g/mol. The number of aryl methyl sites for hydroxylation is 1. The molecule has 5 rings (SSSR count). The van der Waals surface area contributed by atoms with Crippen LogP contribution >= 0.6 is 11.8 Å². The maximum atomic E-state index is 12.9. The zero-order chi connectivity index (χ0) is 24.5. The highest BCUT2D eigenvalue weighted by Crippen LogP contribution is 2.36. The topological polar surface area (TPSA) is 82.2 Å². The van der Waals surface area contributed by atoms with Crippen LogP contribution in [0.15, 0.2) is 41.3 Å². The van der Waals surface area contributed by atoms with Gasteiger partial charge >= 0.3 is 0 Å². The number of nitrogens with one attached hydrogen (secondary N) is 1. The average Bonchev–Trinajstić information content (AvgIpc) is 3.13. The van der Waals surface area contributed by atoms with Crippen molar-refractivity contribution < 1.29 is 19.1 Å². The van der Waals surface area contributed by atoms with Gasteiger partial charge in [0.1, 0.15) is 5.75 Å². The number of ether oxygens (including phenoxy) is 1. The van der Waals surface area contributed by atoms with E-state index < -0.39 is 5.91 Å². The van der Waals surface area contributed by atoms with Crippen LogP contribution in [-0.4, -0.2) is 66.7 Å². The summed E-state index contributed by atoms with van der Waals surface area (Å²) in [5, 5.41) is 1.88. The number of fused-ring (bicyclic) bond motifs is 1. The summed E-state index contributed by atoms with van der Waals surface area (Å²) in [5.74, 6) is 0.0961. The number of imide groups is 1. The van der Waals surface area contributed by atoms with Crippen molar-refractivity contribution in [1.29, 1.82) is 0 Å². The minimum Gasteiger partial charge on any atom is -0.482 e. The number of benzene rings is 2. The Morgan fingerprint density at radius 3 is 2.46 bits per heavy atom. The van der Waals surface area contributed by atoms with Crippen LogP contribution in [0.25, 0.3) is 6.08 Å². The zero-order valence-corrected chi connectivity index (χ0v) is 20.7. The summed E-state index contributed by atoms with van der Waals surface area (Å²) >= 11 is 0.870. The first-order valence-electron chi connectivity index (χ1n) is 11.7. The lowest BCUT2D eigenvalue weighted by molar-refractivity contribution is -0.121. The van der Waals surface area contributed by atoms with Crippen molar-refractivity contribution in [3.8, 4) is 5.75 Å². The van der Waals surface area contributed by atoms with E-state index in [9.17, 15) is 14.4 Å². The molecule has 8 nitrogen and oxygen atoms in total. The summed E-state index contributed by atoms with van der Waals surface area (Å²) in [6.45, 7) is 7.65. The molecule has 2 saturated heterocycles. The van der Waals surface area contributed by atoms with E-state index in [1.807, 2.05) is 12.1 Å². The largest absolute Gasteiger partial charge is 0.482 e. The van der Waals surface area contributed by atoms with Crippen LogP contribution in [0.1, 0.15) is 22.3 Å². The Hall–Kier alpha value is -3.14. The van der Waals surface area contributed by atoms with Crippen LogP contribution in [0, 0.1) is 6.92 Å². The number of rotatable bonds is 5. The highest BCUT2D eigenvalue weighted by molar-refractivity contribution is 8.18. The third-order valence-corrected chi connectivity index (χ3v) is 7.22. The second-order valence-corrected chi connectivity index (χ2v) is 10.3. The number of thioether (sulfide) groups is 1. The van der Waals surface area contributed by atoms with Gasteiger partial charge in [-0.25, -0.2) is 0 Å². The third kappa shape index (κ3) is 5.42. The van der Waals surface area contributed by atoms with Gasteiger partial charge in [0.25, 0.3) is 17.1 Å². The summed E-state index contributed by atoms with van der Waals surface area (Å²) in [7, 11) is 2.15. The molecule has 3 heterocycles. The van der Waals surface area contributed by atoms with Crippen LogP contribution < -0.4 is 15.0 Å². The number of hydrogen-bond acceptors (Lipinski definition) is 7. The van der Waals surface area contributed by atoms with E-state index >= 15 is 0 Å². The standard InChI is InChI=1S/C26H28N4O4S/c1-17-9-19(14-29-7-5-28(2)6-8-29)11-20(10-17)15-30-21-12-18(3-4-22(21)34-16-24(30)31)13-23-25(32)27-26(33)35-23/h3-4,9-13H,5-8,14-16H2,1-2H3,(H,27,32,33). The number of nitrogens with zero attached hydrogens (tertiary/aromatic N) is 3. The van der Waals surface area contributed by atoms with Gasteiger partial charge in [0.15, 0.2) is 6.61 Å². The molecule has 0 aliphatic carbocycles. The smallest absolute Gasteiger partial charge is 0.290 e. The first kappa shape index (κ1) is 23.6. The highest BCUT2D eigenvalue weighted by atomic mass is 32.2. The molecule has 0 atom stereocenters. The lowest BCUT2D eigenvalue weighted by Crippen LogP contribution is -2.43. The number of piperazine rings is 1. The predicted octanol–water partition coefficient (Wildman–Crippen LogP) is 2.99. The quantitative estimate of drug-likeness (QED) is 0.643. The number of likely N-dealkylation sites (N-methyl/N-ethyl adjacent to an activating group) is 1. The van der Waals surface area contributed by atoms with Gasteiger partial charge < -0.3 is 14.5 Å². The Labute approximate surface area is 208 Å². The SMILES string of the molecule is Cc1cc(CN2CCN(C)CC2)cc(CN2C(=O)COc3ccc(C=C4SC(=O)NC4=O)cc32)c1. The maximum Gasteiger partial charge on any atom is 0.290 e. The van der Waals surface area contributed by atoms with E-state index in [1.54, 1.807) is 17.0 Å². The number of anilines is 1. The highest BCUT2D eigenvalue weighted by Gasteiger charge is 2.28. The fourth-order valence-corrected chi connectivity index (χ4v) is 5.31. The van der Waals surface area contributed by atoms with Crippen LogP contribution in [0.2, 0.25) is 0 Å². The van der Waals surface area contributed by atoms with Gasteiger partial charge in [-0.2, -0.15) is 0 Å². The van der Waals surface area contributed by atoms with Gasteiger partial charge in [-0.3, -0.25) is 24.6 Å². The molecule has 2 aromatic carbocycles. The van der Waals surface area contributed by atoms with Gasteiger partial charge in [-0.05, 0) is 60.6 Å². The second kappa shape index (κ2) is 9.85. The van der Waals surface area contributed by atoms with Gasteiger partial charge in [0, 0.05) is 32.7 Å². The zero-order valence-electron chi connectivity index (χ0n) is 19.9. The lowest BCUT2D eigenvalue weighted by Gasteiger charge is -2.32. The molecule has 0 spiro atoms. The third-order valence-electron chi connectivity index (χ3n) is 6.41. The fourth-order valence-electron chi connectivity index (χ4n) is 4.63. The van der Waals surface area contributed by atoms with Crippen LogP contribution in [-0.2, 0) is 22.7 Å². The van der Waals surface area contributed by atoms with Crippen molar-refractivity contribution in [2.45, 2.75) is 20.0 Å². The van der Waals surface area contributed by atoms with Crippen molar-refractivity contribution in [3.63, 3.8) is 0 Å². The van der Waals surface area contributed by atoms with E-state index in [2.05, 4.69) is 47.3 Å². The first-order chi connectivity index (χ1) is 16.8. The molecule has 3 aliphatic rings. The minimum absolute atomic E-state index is 0.0137. The molecule has 3 aliphatic heterocycles. The van der Waals surface area contributed by atoms with Gasteiger partial charge in [-0.1, -0.05) is 29.8 Å². The summed E-state index contributed by atoms with van der Waals surface area (Å²) in [6, 6.07) is 12.0. The maximum absolute atomic E-state index is 12.9. The Kier molecular flexibility index (Phi) is 6.64. The normalized spacial score (nSPS) is 20.2. The van der Waals surface area contributed by atoms with Crippen molar-refractivity contribution >= 4 is 40.6 Å². The number of carbonyl (C=O) groups is 3. The molecule has 0 bridgehead atoms. The molecule has 35 heavy (non-hydrogen) atoms. The summed E-state index contributed by atoms with van der Waals surface area (Å²) in [6.07, 6.45) is 1.66. The van der Waals surface area contributed by atoms with Gasteiger partial charge in [0.2, 0.25) is 0 Å². The number of carbonyl (C=O) groups excluding carboxylic acids is 3. The van der Waals surface area contributed by atoms with Crippen molar-refractivity contribution in [1.82, 2.24) is 15.1 Å². The predicted molar refractivity (Wildman–Crippen MR) is 136 cm³/mol. The molecule has 0 radical (unpaired) electrons. The van der Waals surface area contributed by atoms with Crippen LogP contribution in [0.5, 0.6) is 5.75 Å². The molecular formula is C26H28N4O4S. The molecule has 1 N–H and O–H groups in total. The molecule has 0 unspecified atom stereocenters. The van der Waals surface area contributed by atoms with Crippen LogP contribution in [0.4, 0.5) is 10.5 Å². The first-order valence-corrected chi connectivity index (χ1v) is 12.5. The minimum atomic E-state index is -0.408. The second-order valence-electron chi connectivity index (χ2n) is 9.25. The average molecular weight is 493 g/mol. The molecule has 0 saturated carbocycles. The molecule has 9 heteroatoms. The summed E-state index contributed by atoms with van der Waals surface area (Å²) < 4.78 is 5.66. The fraction of sp³-hybridized carbons (Fsp3) is 0.346. The summed E-state index contributed by atoms with van der Waals surface area (Å²) in [5.41, 5.74) is 4.86. The lowest BCUT2D eigenvalue weighted by atomic mass is 10.0. The van der Waals surface area contributed by atoms with Crippen molar-refractivity contribution in [3.05, 3.63) is 63.6 Å². The van der Waals surface area contributed by atoms with E-state index in [-0.39, 0.29) is 17.8 Å². The van der Waals surface area contributed by atoms with Gasteiger partial charge in [0.05, 0.1) is 17.1 Å². The van der Waals surface area contributed by atoms with Gasteiger partial charge in [-0.15, -0.1) is 0 Å². The Morgan fingerprint density at radius 2 is 1.74 bits per heavy atom. The Balaban J connectivity index is 1.39. The van der Waals surface area contributed by atoms with E-state index in [4.69, 9.17) is 4.74 Å². The Bertz CT molecular complexity index is 1220. The molecule has 0 aromatic heterocycles. The van der Waals surface area contributed by atoms with Crippen molar-refractivity contribution in [2.75, 3.05) is 44.7 Å². The molecule has 2 aromatic rings. The van der Waals surface area contributed by atoms with E-state index in [0.717, 1.165) is 55.6 Å². The number of amides is 3. The molecule has 2 fully saturated rings. The molecule has 3 amide bonds. The van der Waals surface area contributed by atoms with Crippen molar-refractivity contribution in [2.24, 2.45) is 0 Å². The monoisotopic (exact) mass is 492 g/mol. The summed E-state index contributed by atoms with van der Waals surface area (Å²) in [4.78, 5) is 43.2. The molecule has 182 valence electrons. The Morgan fingerprint density at radius 1 is 1.00 bits per heavy atom. The van der Waals surface area contributed by atoms with Crippen LogP contribution in [0.3, 0.4) is 0 Å². The number of hydrogen-bond donors (Lipinski definition) is 1.